The molecule has 5 nitrogen and oxygen atoms in total. The Hall–Kier alpha value is -3.02. The summed E-state index contributed by atoms with van der Waals surface area (Å²) < 4.78 is 18.3. The molecule has 2 aromatic carbocycles. The average molecular weight is 284 g/mol. The largest absolute Gasteiger partial charge is 0.478 e. The van der Waals surface area contributed by atoms with E-state index in [1.165, 1.54) is 18.3 Å². The van der Waals surface area contributed by atoms with Crippen molar-refractivity contribution < 1.29 is 19.0 Å². The number of ether oxygens (including phenoxy) is 1. The van der Waals surface area contributed by atoms with E-state index in [4.69, 9.17) is 9.84 Å². The molecule has 1 heterocycles. The molecule has 0 aliphatic rings. The maximum atomic E-state index is 12.9. The van der Waals surface area contributed by atoms with E-state index in [-0.39, 0.29) is 11.4 Å². The van der Waals surface area contributed by atoms with E-state index in [0.29, 0.717) is 16.5 Å². The second-order valence-corrected chi connectivity index (χ2v) is 4.26. The first kappa shape index (κ1) is 13.0. The van der Waals surface area contributed by atoms with Gasteiger partial charge in [0, 0.05) is 12.3 Å². The fraction of sp³-hybridized carbons (Fsp3) is 0. The molecule has 0 aliphatic heterocycles. The number of hydrogen-bond acceptors (Lipinski definition) is 4. The van der Waals surface area contributed by atoms with Gasteiger partial charge in [0.15, 0.2) is 0 Å². The predicted molar refractivity (Wildman–Crippen MR) is 73.0 cm³/mol. The number of hydrogen-bond donors (Lipinski definition) is 1. The van der Waals surface area contributed by atoms with Crippen LogP contribution in [-0.4, -0.2) is 21.0 Å². The fourth-order valence-corrected chi connectivity index (χ4v) is 2.01. The maximum absolute atomic E-state index is 12.9. The highest BCUT2D eigenvalue weighted by Crippen LogP contribution is 2.26. The second-order valence-electron chi connectivity index (χ2n) is 4.26. The van der Waals surface area contributed by atoms with Crippen molar-refractivity contribution in [3.05, 3.63) is 60.3 Å². The predicted octanol–water partition coefficient (Wildman–Crippen LogP) is 3.26. The lowest BCUT2D eigenvalue weighted by atomic mass is 10.0. The zero-order valence-electron chi connectivity index (χ0n) is 10.7. The summed E-state index contributed by atoms with van der Waals surface area (Å²) in [6.07, 6.45) is 0.378. The van der Waals surface area contributed by atoms with Crippen LogP contribution in [0, 0.1) is 6.08 Å². The third kappa shape index (κ3) is 2.64. The average Bonchev–Trinajstić information content (AvgIpc) is 2.46. The molecule has 1 N–H and O–H groups in total. The van der Waals surface area contributed by atoms with Gasteiger partial charge in [-0.3, -0.25) is 0 Å². The van der Waals surface area contributed by atoms with Gasteiger partial charge in [-0.25, -0.2) is 9.78 Å². The number of halogens is 1. The molecule has 6 heteroatoms. The zero-order valence-corrected chi connectivity index (χ0v) is 10.7. The molecule has 1 aromatic heterocycles. The lowest BCUT2D eigenvalue weighted by Gasteiger charge is -2.07. The first-order chi connectivity index (χ1) is 10.1. The Morgan fingerprint density at radius 2 is 2.05 bits per heavy atom. The smallest absolute Gasteiger partial charge is 0.336 e. The number of carboxylic acids is 1. The van der Waals surface area contributed by atoms with E-state index in [1.807, 2.05) is 0 Å². The molecule has 0 fully saturated rings. The van der Waals surface area contributed by atoms with Crippen LogP contribution in [0.15, 0.2) is 48.7 Å². The monoisotopic (exact) mass is 284 g/mol. The quantitative estimate of drug-likeness (QED) is 0.747. The summed E-state index contributed by atoms with van der Waals surface area (Å²) >= 11 is 0. The highest BCUT2D eigenvalue weighted by atomic mass is 19.1. The third-order valence-corrected chi connectivity index (χ3v) is 2.91. The van der Waals surface area contributed by atoms with Crippen LogP contribution in [0.3, 0.4) is 0 Å². The zero-order chi connectivity index (χ0) is 14.8. The number of nitrogens with zero attached hydrogens (tertiary/aromatic N) is 2. The van der Waals surface area contributed by atoms with E-state index in [1.54, 1.807) is 30.3 Å². The minimum atomic E-state index is -0.993. The van der Waals surface area contributed by atoms with Gasteiger partial charge in [-0.05, 0) is 35.0 Å². The van der Waals surface area contributed by atoms with Crippen molar-refractivity contribution in [3.63, 3.8) is 0 Å². The molecule has 0 bridgehead atoms. The van der Waals surface area contributed by atoms with Crippen LogP contribution in [0.2, 0.25) is 0 Å². The summed E-state index contributed by atoms with van der Waals surface area (Å²) in [7, 11) is 0. The number of aromatic nitrogens is 2. The first-order valence-electron chi connectivity index (χ1n) is 6.06. The Morgan fingerprint density at radius 3 is 2.81 bits per heavy atom. The summed E-state index contributed by atoms with van der Waals surface area (Å²) in [6, 6.07) is 11.3. The summed E-state index contributed by atoms with van der Waals surface area (Å²) in [5, 5.41) is 10.4. The van der Waals surface area contributed by atoms with Gasteiger partial charge in [0.1, 0.15) is 5.75 Å². The Labute approximate surface area is 118 Å². The Bertz CT molecular complexity index is 836. The molecule has 0 aliphatic carbocycles. The van der Waals surface area contributed by atoms with E-state index >= 15 is 0 Å². The molecule has 0 amide bonds. The minimum absolute atomic E-state index is 0.0799. The standard InChI is InChI=1S/C15H9FN2O3/c16-15-17-7-6-13(18-15)21-10-4-5-11-9(8-10)2-1-3-12(11)14(19)20/h1-8H,(H,19,20). The van der Waals surface area contributed by atoms with Gasteiger partial charge in [-0.1, -0.05) is 12.1 Å². The third-order valence-electron chi connectivity index (χ3n) is 2.91. The number of rotatable bonds is 3. The lowest BCUT2D eigenvalue weighted by molar-refractivity contribution is 0.0699. The number of carbonyl (C=O) groups is 1. The van der Waals surface area contributed by atoms with Gasteiger partial charge in [0.05, 0.1) is 5.56 Å². The van der Waals surface area contributed by atoms with Crippen molar-refractivity contribution in [3.8, 4) is 11.6 Å². The lowest BCUT2D eigenvalue weighted by Crippen LogP contribution is -1.97. The Balaban J connectivity index is 2.00. The highest BCUT2D eigenvalue weighted by molar-refractivity contribution is 6.03. The molecule has 0 radical (unpaired) electrons. The van der Waals surface area contributed by atoms with Gasteiger partial charge in [-0.2, -0.15) is 9.37 Å². The van der Waals surface area contributed by atoms with Gasteiger partial charge in [0.25, 0.3) is 0 Å². The highest BCUT2D eigenvalue weighted by Gasteiger charge is 2.09. The SMILES string of the molecule is O=C(O)c1cccc2cc(Oc3ccnc(F)n3)ccc12. The molecule has 0 unspecified atom stereocenters. The van der Waals surface area contributed by atoms with Crippen LogP contribution in [-0.2, 0) is 0 Å². The molecule has 21 heavy (non-hydrogen) atoms. The number of fused-ring (bicyclic) bond motifs is 1. The van der Waals surface area contributed by atoms with Gasteiger partial charge < -0.3 is 9.84 Å². The van der Waals surface area contributed by atoms with Crippen molar-refractivity contribution in [1.82, 2.24) is 9.97 Å². The van der Waals surface area contributed by atoms with Crippen LogP contribution < -0.4 is 4.74 Å². The van der Waals surface area contributed by atoms with Crippen molar-refractivity contribution in [2.75, 3.05) is 0 Å². The molecule has 3 aromatic rings. The fourth-order valence-electron chi connectivity index (χ4n) is 2.01. The molecule has 0 spiro atoms. The number of benzene rings is 2. The molecule has 0 atom stereocenters. The summed E-state index contributed by atoms with van der Waals surface area (Å²) in [6.45, 7) is 0. The van der Waals surface area contributed by atoms with E-state index in [0.717, 1.165) is 0 Å². The Kier molecular flexibility index (Phi) is 3.19. The maximum Gasteiger partial charge on any atom is 0.336 e. The summed E-state index contributed by atoms with van der Waals surface area (Å²) in [4.78, 5) is 18.0. The van der Waals surface area contributed by atoms with E-state index in [2.05, 4.69) is 9.97 Å². The van der Waals surface area contributed by atoms with E-state index in [9.17, 15) is 9.18 Å². The van der Waals surface area contributed by atoms with Crippen LogP contribution >= 0.6 is 0 Å². The van der Waals surface area contributed by atoms with Crippen molar-refractivity contribution >= 4 is 16.7 Å². The van der Waals surface area contributed by atoms with Gasteiger partial charge >= 0.3 is 12.0 Å². The molecular formula is C15H9FN2O3. The summed E-state index contributed by atoms with van der Waals surface area (Å²) in [5.41, 5.74) is 0.215. The van der Waals surface area contributed by atoms with Crippen molar-refractivity contribution in [1.29, 1.82) is 0 Å². The molecular weight excluding hydrogens is 275 g/mol. The molecule has 104 valence electrons. The molecule has 0 saturated carbocycles. The molecule has 3 rings (SSSR count). The van der Waals surface area contributed by atoms with Crippen LogP contribution in [0.4, 0.5) is 4.39 Å². The van der Waals surface area contributed by atoms with Crippen molar-refractivity contribution in [2.45, 2.75) is 0 Å². The Morgan fingerprint density at radius 1 is 1.19 bits per heavy atom. The number of aromatic carboxylic acids is 1. The van der Waals surface area contributed by atoms with Gasteiger partial charge in [0.2, 0.25) is 5.88 Å². The second kappa shape index (κ2) is 5.16. The van der Waals surface area contributed by atoms with E-state index < -0.39 is 12.0 Å². The topological polar surface area (TPSA) is 72.3 Å². The van der Waals surface area contributed by atoms with Crippen LogP contribution in [0.25, 0.3) is 10.8 Å². The first-order valence-corrected chi connectivity index (χ1v) is 6.06. The van der Waals surface area contributed by atoms with Crippen molar-refractivity contribution in [2.24, 2.45) is 0 Å². The normalized spacial score (nSPS) is 10.5. The molecule has 0 saturated heterocycles. The van der Waals surface area contributed by atoms with Gasteiger partial charge in [-0.15, -0.1) is 0 Å². The minimum Gasteiger partial charge on any atom is -0.478 e. The number of carboxylic acid groups (broad SMARTS) is 1. The van der Waals surface area contributed by atoms with Crippen LogP contribution in [0.5, 0.6) is 11.6 Å². The summed E-state index contributed by atoms with van der Waals surface area (Å²) in [5.74, 6) is -0.480. The van der Waals surface area contributed by atoms with Crippen LogP contribution in [0.1, 0.15) is 10.4 Å².